The Labute approximate surface area is 123 Å². The second-order valence-corrected chi connectivity index (χ2v) is 5.42. The molecule has 1 aliphatic rings. The van der Waals surface area contributed by atoms with E-state index in [2.05, 4.69) is 10.2 Å². The molecule has 1 fully saturated rings. The summed E-state index contributed by atoms with van der Waals surface area (Å²) >= 11 is 0. The molecule has 1 saturated heterocycles. The van der Waals surface area contributed by atoms with Crippen LogP contribution in [0.3, 0.4) is 0 Å². The summed E-state index contributed by atoms with van der Waals surface area (Å²) in [7, 11) is 1.55. The maximum atomic E-state index is 12.6. The molecule has 2 N–H and O–H groups in total. The maximum absolute atomic E-state index is 12.6. The minimum Gasteiger partial charge on any atom is -0.382 e. The quantitative estimate of drug-likeness (QED) is 0.840. The van der Waals surface area contributed by atoms with Gasteiger partial charge in [0, 0.05) is 13.7 Å². The SMILES string of the molecule is COC[C@@]1(CC(N)=O)CCCN1C(=O)c1ccc(C)nn1. The van der Waals surface area contributed by atoms with Gasteiger partial charge < -0.3 is 15.4 Å². The minimum atomic E-state index is -0.676. The molecule has 0 bridgehead atoms. The summed E-state index contributed by atoms with van der Waals surface area (Å²) < 4.78 is 5.23. The van der Waals surface area contributed by atoms with Crippen molar-refractivity contribution in [2.24, 2.45) is 5.73 Å². The number of nitrogens with zero attached hydrogens (tertiary/aromatic N) is 3. The number of amides is 2. The van der Waals surface area contributed by atoms with E-state index in [9.17, 15) is 9.59 Å². The van der Waals surface area contributed by atoms with Crippen molar-refractivity contribution in [3.05, 3.63) is 23.5 Å². The molecule has 7 nitrogen and oxygen atoms in total. The molecule has 0 spiro atoms. The second-order valence-electron chi connectivity index (χ2n) is 5.42. The Hall–Kier alpha value is -2.02. The van der Waals surface area contributed by atoms with Gasteiger partial charge in [-0.3, -0.25) is 9.59 Å². The standard InChI is InChI=1S/C14H20N4O3/c1-10-4-5-11(17-16-10)13(20)18-7-3-6-14(18,9-21-2)8-12(15)19/h4-5H,3,6-9H2,1-2H3,(H2,15,19)/t14-/m0/s1. The summed E-state index contributed by atoms with van der Waals surface area (Å²) in [4.78, 5) is 25.7. The second kappa shape index (κ2) is 6.17. The Morgan fingerprint density at radius 2 is 2.19 bits per heavy atom. The van der Waals surface area contributed by atoms with Crippen molar-refractivity contribution in [2.45, 2.75) is 31.7 Å². The zero-order chi connectivity index (χ0) is 15.5. The molecule has 1 aromatic rings. The van der Waals surface area contributed by atoms with Crippen LogP contribution in [0.2, 0.25) is 0 Å². The highest BCUT2D eigenvalue weighted by molar-refractivity contribution is 5.93. The van der Waals surface area contributed by atoms with Crippen molar-refractivity contribution < 1.29 is 14.3 Å². The van der Waals surface area contributed by atoms with Crippen LogP contribution < -0.4 is 5.73 Å². The molecule has 0 aliphatic carbocycles. The predicted molar refractivity (Wildman–Crippen MR) is 75.5 cm³/mol. The number of likely N-dealkylation sites (tertiary alicyclic amines) is 1. The van der Waals surface area contributed by atoms with E-state index in [1.165, 1.54) is 0 Å². The largest absolute Gasteiger partial charge is 0.382 e. The first-order valence-corrected chi connectivity index (χ1v) is 6.88. The number of hydrogen-bond acceptors (Lipinski definition) is 5. The van der Waals surface area contributed by atoms with Gasteiger partial charge in [0.1, 0.15) is 0 Å². The first-order valence-electron chi connectivity index (χ1n) is 6.88. The van der Waals surface area contributed by atoms with Crippen molar-refractivity contribution in [3.8, 4) is 0 Å². The van der Waals surface area contributed by atoms with Crippen LogP contribution in [0.4, 0.5) is 0 Å². The van der Waals surface area contributed by atoms with Crippen LogP contribution in [-0.2, 0) is 9.53 Å². The van der Waals surface area contributed by atoms with Gasteiger partial charge in [-0.05, 0) is 31.9 Å². The highest BCUT2D eigenvalue weighted by Crippen LogP contribution is 2.33. The lowest BCUT2D eigenvalue weighted by atomic mass is 9.92. The van der Waals surface area contributed by atoms with Crippen molar-refractivity contribution in [1.29, 1.82) is 0 Å². The Bertz CT molecular complexity index is 532. The van der Waals surface area contributed by atoms with E-state index in [1.54, 1.807) is 31.1 Å². The molecule has 0 aromatic carbocycles. The van der Waals surface area contributed by atoms with Gasteiger partial charge in [0.15, 0.2) is 5.69 Å². The number of aryl methyl sites for hydroxylation is 1. The number of carbonyl (C=O) groups excluding carboxylic acids is 2. The molecule has 21 heavy (non-hydrogen) atoms. The molecule has 1 atom stereocenters. The predicted octanol–water partition coefficient (Wildman–Crippen LogP) is 0.282. The zero-order valence-electron chi connectivity index (χ0n) is 12.3. The van der Waals surface area contributed by atoms with Crippen LogP contribution in [0.5, 0.6) is 0 Å². The summed E-state index contributed by atoms with van der Waals surface area (Å²) in [5.41, 5.74) is 5.69. The van der Waals surface area contributed by atoms with E-state index in [-0.39, 0.29) is 24.6 Å². The number of nitrogens with two attached hydrogens (primary N) is 1. The number of hydrogen-bond donors (Lipinski definition) is 1. The van der Waals surface area contributed by atoms with Crippen molar-refractivity contribution in [3.63, 3.8) is 0 Å². The van der Waals surface area contributed by atoms with Crippen LogP contribution >= 0.6 is 0 Å². The van der Waals surface area contributed by atoms with Gasteiger partial charge in [-0.2, -0.15) is 5.10 Å². The summed E-state index contributed by atoms with van der Waals surface area (Å²) in [6.45, 7) is 2.64. The average Bonchev–Trinajstić information content (AvgIpc) is 2.81. The van der Waals surface area contributed by atoms with Crippen molar-refractivity contribution in [1.82, 2.24) is 15.1 Å². The monoisotopic (exact) mass is 292 g/mol. The molecular weight excluding hydrogens is 272 g/mol. The van der Waals surface area contributed by atoms with Gasteiger partial charge in [0.25, 0.3) is 5.91 Å². The number of methoxy groups -OCH3 is 1. The molecule has 1 aromatic heterocycles. The van der Waals surface area contributed by atoms with Gasteiger partial charge in [-0.25, -0.2) is 0 Å². The Kier molecular flexibility index (Phi) is 4.52. The molecule has 2 amide bonds. The third kappa shape index (κ3) is 3.18. The highest BCUT2D eigenvalue weighted by Gasteiger charge is 2.45. The maximum Gasteiger partial charge on any atom is 0.274 e. The fourth-order valence-corrected chi connectivity index (χ4v) is 2.88. The van der Waals surface area contributed by atoms with E-state index >= 15 is 0 Å². The third-order valence-corrected chi connectivity index (χ3v) is 3.77. The number of primary amides is 1. The molecule has 0 saturated carbocycles. The lowest BCUT2D eigenvalue weighted by molar-refractivity contribution is -0.121. The van der Waals surface area contributed by atoms with Gasteiger partial charge >= 0.3 is 0 Å². The lowest BCUT2D eigenvalue weighted by Gasteiger charge is -2.37. The zero-order valence-corrected chi connectivity index (χ0v) is 12.3. The molecule has 114 valence electrons. The topological polar surface area (TPSA) is 98.4 Å². The van der Waals surface area contributed by atoms with Crippen molar-refractivity contribution >= 4 is 11.8 Å². The fraction of sp³-hybridized carbons (Fsp3) is 0.571. The molecule has 7 heteroatoms. The molecule has 0 radical (unpaired) electrons. The van der Waals surface area contributed by atoms with E-state index in [4.69, 9.17) is 10.5 Å². The fourth-order valence-electron chi connectivity index (χ4n) is 2.88. The third-order valence-electron chi connectivity index (χ3n) is 3.77. The van der Waals surface area contributed by atoms with Gasteiger partial charge in [0.2, 0.25) is 5.91 Å². The first kappa shape index (κ1) is 15.4. The minimum absolute atomic E-state index is 0.0892. The Balaban J connectivity index is 2.28. The lowest BCUT2D eigenvalue weighted by Crippen LogP contribution is -2.52. The summed E-state index contributed by atoms with van der Waals surface area (Å²) in [5, 5.41) is 7.84. The van der Waals surface area contributed by atoms with E-state index in [0.29, 0.717) is 13.0 Å². The van der Waals surface area contributed by atoms with Gasteiger partial charge in [0.05, 0.1) is 24.3 Å². The summed E-state index contributed by atoms with van der Waals surface area (Å²) in [6, 6.07) is 3.38. The van der Waals surface area contributed by atoms with Crippen LogP contribution in [0.15, 0.2) is 12.1 Å². The Morgan fingerprint density at radius 1 is 1.43 bits per heavy atom. The average molecular weight is 292 g/mol. The van der Waals surface area contributed by atoms with Crippen LogP contribution in [-0.4, -0.2) is 52.7 Å². The van der Waals surface area contributed by atoms with E-state index in [1.807, 2.05) is 0 Å². The molecular formula is C14H20N4O3. The van der Waals surface area contributed by atoms with Crippen LogP contribution in [0.25, 0.3) is 0 Å². The number of carbonyl (C=O) groups is 2. The number of aromatic nitrogens is 2. The highest BCUT2D eigenvalue weighted by atomic mass is 16.5. The van der Waals surface area contributed by atoms with Crippen LogP contribution in [0.1, 0.15) is 35.4 Å². The number of rotatable bonds is 5. The van der Waals surface area contributed by atoms with E-state index in [0.717, 1.165) is 12.1 Å². The number of ether oxygens (including phenoxy) is 1. The summed E-state index contributed by atoms with van der Waals surface area (Å²) in [6.07, 6.45) is 1.59. The molecule has 1 aliphatic heterocycles. The normalized spacial score (nSPS) is 21.5. The molecule has 0 unspecified atom stereocenters. The summed E-state index contributed by atoms with van der Waals surface area (Å²) in [5.74, 6) is -0.681. The first-order chi connectivity index (χ1) is 9.98. The smallest absolute Gasteiger partial charge is 0.274 e. The van der Waals surface area contributed by atoms with Crippen LogP contribution in [0, 0.1) is 6.92 Å². The Morgan fingerprint density at radius 3 is 2.76 bits per heavy atom. The molecule has 2 rings (SSSR count). The van der Waals surface area contributed by atoms with Gasteiger partial charge in [-0.15, -0.1) is 5.10 Å². The molecule has 2 heterocycles. The van der Waals surface area contributed by atoms with Gasteiger partial charge in [-0.1, -0.05) is 0 Å². The van der Waals surface area contributed by atoms with Crippen molar-refractivity contribution in [2.75, 3.05) is 20.3 Å². The van der Waals surface area contributed by atoms with E-state index < -0.39 is 11.4 Å².